The molecule has 62 valence electrons. The lowest BCUT2D eigenvalue weighted by Crippen LogP contribution is -2.47. The van der Waals surface area contributed by atoms with Crippen LogP contribution in [0.15, 0.2) is 12.2 Å². The lowest BCUT2D eigenvalue weighted by Gasteiger charge is -2.30. The van der Waals surface area contributed by atoms with Crippen LogP contribution in [-0.4, -0.2) is 19.3 Å². The van der Waals surface area contributed by atoms with E-state index in [4.69, 9.17) is 10.5 Å². The highest BCUT2D eigenvalue weighted by Crippen LogP contribution is 2.44. The van der Waals surface area contributed by atoms with E-state index in [2.05, 4.69) is 12.2 Å². The molecule has 0 aromatic heterocycles. The number of rotatable bonds is 2. The van der Waals surface area contributed by atoms with Gasteiger partial charge in [0.15, 0.2) is 0 Å². The van der Waals surface area contributed by atoms with Crippen molar-refractivity contribution in [2.75, 3.05) is 13.7 Å². The average molecular weight is 153 g/mol. The van der Waals surface area contributed by atoms with Crippen molar-refractivity contribution in [3.63, 3.8) is 0 Å². The maximum atomic E-state index is 6.18. The molecule has 0 aliphatic heterocycles. The van der Waals surface area contributed by atoms with Crippen LogP contribution in [-0.2, 0) is 4.74 Å². The molecule has 0 amide bonds. The Balaban J connectivity index is 2.11. The second-order valence-corrected chi connectivity index (χ2v) is 3.86. The molecule has 2 bridgehead atoms. The molecule has 0 radical (unpaired) electrons. The highest BCUT2D eigenvalue weighted by atomic mass is 16.5. The van der Waals surface area contributed by atoms with Gasteiger partial charge in [-0.3, -0.25) is 0 Å². The first-order chi connectivity index (χ1) is 5.24. The number of methoxy groups -OCH3 is 1. The third kappa shape index (κ3) is 1.01. The van der Waals surface area contributed by atoms with Crippen molar-refractivity contribution < 1.29 is 4.74 Å². The molecule has 0 saturated heterocycles. The molecule has 3 atom stereocenters. The van der Waals surface area contributed by atoms with Crippen molar-refractivity contribution >= 4 is 0 Å². The van der Waals surface area contributed by atoms with Crippen molar-refractivity contribution in [1.29, 1.82) is 0 Å². The summed E-state index contributed by atoms with van der Waals surface area (Å²) >= 11 is 0. The minimum Gasteiger partial charge on any atom is -0.383 e. The number of hydrogen-bond donors (Lipinski definition) is 1. The minimum atomic E-state index is -0.0475. The molecule has 2 N–H and O–H groups in total. The minimum absolute atomic E-state index is 0.0475. The fourth-order valence-corrected chi connectivity index (χ4v) is 2.43. The third-order valence-corrected chi connectivity index (χ3v) is 2.97. The second-order valence-electron chi connectivity index (χ2n) is 3.86. The van der Waals surface area contributed by atoms with Gasteiger partial charge in [-0.1, -0.05) is 12.2 Å². The zero-order valence-electron chi connectivity index (χ0n) is 6.92. The molecule has 2 nitrogen and oxygen atoms in total. The molecule has 0 heterocycles. The van der Waals surface area contributed by atoms with Crippen molar-refractivity contribution in [3.8, 4) is 0 Å². The molecule has 1 saturated carbocycles. The number of allylic oxidation sites excluding steroid dienone is 1. The first kappa shape index (κ1) is 7.32. The van der Waals surface area contributed by atoms with Gasteiger partial charge in [-0.2, -0.15) is 0 Å². The number of fused-ring (bicyclic) bond motifs is 2. The largest absolute Gasteiger partial charge is 0.383 e. The van der Waals surface area contributed by atoms with E-state index in [1.54, 1.807) is 7.11 Å². The van der Waals surface area contributed by atoms with Gasteiger partial charge in [0.25, 0.3) is 0 Å². The van der Waals surface area contributed by atoms with E-state index >= 15 is 0 Å². The van der Waals surface area contributed by atoms with Crippen molar-refractivity contribution in [2.45, 2.75) is 18.4 Å². The monoisotopic (exact) mass is 153 g/mol. The van der Waals surface area contributed by atoms with Crippen molar-refractivity contribution in [3.05, 3.63) is 12.2 Å². The summed E-state index contributed by atoms with van der Waals surface area (Å²) in [5.74, 6) is 1.31. The number of hydrogen-bond acceptors (Lipinski definition) is 2. The molecule has 0 aromatic carbocycles. The Bertz CT molecular complexity index is 190. The van der Waals surface area contributed by atoms with Gasteiger partial charge in [0, 0.05) is 12.6 Å². The molecule has 2 aliphatic carbocycles. The Kier molecular flexibility index (Phi) is 1.55. The topological polar surface area (TPSA) is 35.2 Å². The van der Waals surface area contributed by atoms with Gasteiger partial charge in [-0.15, -0.1) is 0 Å². The lowest BCUT2D eigenvalue weighted by molar-refractivity contribution is 0.117. The van der Waals surface area contributed by atoms with Crippen LogP contribution < -0.4 is 5.73 Å². The van der Waals surface area contributed by atoms with E-state index in [1.807, 2.05) is 0 Å². The normalized spacial score (nSPS) is 47.1. The van der Waals surface area contributed by atoms with Gasteiger partial charge >= 0.3 is 0 Å². The van der Waals surface area contributed by atoms with Crippen LogP contribution >= 0.6 is 0 Å². The van der Waals surface area contributed by atoms with Crippen LogP contribution in [0.25, 0.3) is 0 Å². The van der Waals surface area contributed by atoms with Crippen LogP contribution in [0.4, 0.5) is 0 Å². The summed E-state index contributed by atoms with van der Waals surface area (Å²) in [6, 6.07) is 0. The third-order valence-electron chi connectivity index (χ3n) is 2.97. The molecule has 2 aliphatic rings. The molecule has 0 aromatic rings. The highest BCUT2D eigenvalue weighted by molar-refractivity contribution is 5.18. The van der Waals surface area contributed by atoms with Crippen molar-refractivity contribution in [1.82, 2.24) is 0 Å². The van der Waals surface area contributed by atoms with E-state index in [1.165, 1.54) is 6.42 Å². The molecular weight excluding hydrogens is 138 g/mol. The maximum absolute atomic E-state index is 6.18. The Morgan fingerprint density at radius 1 is 1.64 bits per heavy atom. The zero-order chi connectivity index (χ0) is 7.90. The van der Waals surface area contributed by atoms with Crippen molar-refractivity contribution in [2.24, 2.45) is 17.6 Å². The van der Waals surface area contributed by atoms with E-state index in [0.717, 1.165) is 12.3 Å². The summed E-state index contributed by atoms with van der Waals surface area (Å²) in [6.45, 7) is 0.707. The summed E-state index contributed by atoms with van der Waals surface area (Å²) in [7, 11) is 1.73. The fraction of sp³-hybridized carbons (Fsp3) is 0.778. The number of ether oxygens (including phenoxy) is 1. The Labute approximate surface area is 67.4 Å². The summed E-state index contributed by atoms with van der Waals surface area (Å²) in [4.78, 5) is 0. The predicted molar refractivity (Wildman–Crippen MR) is 44.1 cm³/mol. The average Bonchev–Trinajstić information content (AvgIpc) is 2.45. The highest BCUT2D eigenvalue weighted by Gasteiger charge is 2.45. The lowest BCUT2D eigenvalue weighted by atomic mass is 9.86. The zero-order valence-corrected chi connectivity index (χ0v) is 6.92. The van der Waals surface area contributed by atoms with E-state index in [-0.39, 0.29) is 5.54 Å². The van der Waals surface area contributed by atoms with E-state index in [0.29, 0.717) is 12.5 Å². The van der Waals surface area contributed by atoms with Crippen LogP contribution in [0.1, 0.15) is 12.8 Å². The van der Waals surface area contributed by atoms with Crippen LogP contribution in [0, 0.1) is 11.8 Å². The van der Waals surface area contributed by atoms with Gasteiger partial charge in [-0.05, 0) is 24.7 Å². The van der Waals surface area contributed by atoms with Crippen LogP contribution in [0.2, 0.25) is 0 Å². The molecule has 1 fully saturated rings. The molecule has 0 spiro atoms. The van der Waals surface area contributed by atoms with E-state index in [9.17, 15) is 0 Å². The Morgan fingerprint density at radius 2 is 2.45 bits per heavy atom. The second kappa shape index (κ2) is 2.32. The quantitative estimate of drug-likeness (QED) is 0.599. The predicted octanol–water partition coefficient (Wildman–Crippen LogP) is 0.926. The first-order valence-corrected chi connectivity index (χ1v) is 4.21. The van der Waals surface area contributed by atoms with Gasteiger partial charge in [0.1, 0.15) is 0 Å². The van der Waals surface area contributed by atoms with Crippen LogP contribution in [0.5, 0.6) is 0 Å². The first-order valence-electron chi connectivity index (χ1n) is 4.21. The maximum Gasteiger partial charge on any atom is 0.0648 e. The van der Waals surface area contributed by atoms with Gasteiger partial charge in [-0.25, -0.2) is 0 Å². The Morgan fingerprint density at radius 3 is 2.91 bits per heavy atom. The number of nitrogens with two attached hydrogens (primary N) is 1. The molecule has 11 heavy (non-hydrogen) atoms. The Hall–Kier alpha value is -0.340. The fourth-order valence-electron chi connectivity index (χ4n) is 2.43. The van der Waals surface area contributed by atoms with Gasteiger partial charge < -0.3 is 10.5 Å². The smallest absolute Gasteiger partial charge is 0.0648 e. The standard InChI is InChI=1S/C9H15NO/c1-11-6-9(10)5-7-2-3-8(9)4-7/h2-3,7-8H,4-6,10H2,1H3/t7-,8+,9+/m0/s1. The molecule has 2 heteroatoms. The van der Waals surface area contributed by atoms with E-state index < -0.39 is 0 Å². The van der Waals surface area contributed by atoms with Gasteiger partial charge in [0.05, 0.1) is 6.61 Å². The summed E-state index contributed by atoms with van der Waals surface area (Å²) in [5.41, 5.74) is 6.13. The molecule has 2 rings (SSSR count). The van der Waals surface area contributed by atoms with Gasteiger partial charge in [0.2, 0.25) is 0 Å². The molecular formula is C9H15NO. The summed E-state index contributed by atoms with van der Waals surface area (Å²) in [6.07, 6.45) is 6.92. The summed E-state index contributed by atoms with van der Waals surface area (Å²) < 4.78 is 5.12. The van der Waals surface area contributed by atoms with Crippen LogP contribution in [0.3, 0.4) is 0 Å². The molecule has 0 unspecified atom stereocenters. The SMILES string of the molecule is COC[C@]1(N)C[C@H]2C=C[C@@H]1C2. The summed E-state index contributed by atoms with van der Waals surface area (Å²) in [5, 5.41) is 0.